The molecule has 0 aliphatic heterocycles. The minimum absolute atomic E-state index is 0.259. The van der Waals surface area contributed by atoms with E-state index < -0.39 is 0 Å². The van der Waals surface area contributed by atoms with Gasteiger partial charge in [0.1, 0.15) is 5.82 Å². The second-order valence-corrected chi connectivity index (χ2v) is 6.33. The Morgan fingerprint density at radius 2 is 1.73 bits per heavy atom. The topological polar surface area (TPSA) is 71.2 Å². The number of nitrogen functional groups attached to an aromatic ring is 1. The van der Waals surface area contributed by atoms with E-state index in [9.17, 15) is 0 Å². The zero-order chi connectivity index (χ0) is 16.1. The van der Waals surface area contributed by atoms with Gasteiger partial charge in [0.05, 0.1) is 6.54 Å². The molecule has 0 spiro atoms. The van der Waals surface area contributed by atoms with Crippen LogP contribution in [0.1, 0.15) is 11.4 Å². The predicted molar refractivity (Wildman–Crippen MR) is 92.7 cm³/mol. The second-order valence-electron chi connectivity index (χ2n) is 5.42. The third kappa shape index (κ3) is 4.92. The summed E-state index contributed by atoms with van der Waals surface area (Å²) in [6.07, 6.45) is 0.977. The van der Waals surface area contributed by atoms with Gasteiger partial charge < -0.3 is 10.6 Å². The Morgan fingerprint density at radius 1 is 1.05 bits per heavy atom. The van der Waals surface area contributed by atoms with Gasteiger partial charge >= 0.3 is 0 Å². The molecule has 0 aliphatic rings. The summed E-state index contributed by atoms with van der Waals surface area (Å²) in [5.74, 6) is 1.54. The lowest BCUT2D eigenvalue weighted by Crippen LogP contribution is -2.24. The number of likely N-dealkylation sites (N-methyl/N-ethyl adjacent to an activating group) is 1. The van der Waals surface area contributed by atoms with Gasteiger partial charge in [0, 0.05) is 25.1 Å². The van der Waals surface area contributed by atoms with E-state index in [0.29, 0.717) is 18.3 Å². The van der Waals surface area contributed by atoms with E-state index in [0.717, 1.165) is 17.4 Å². The molecule has 0 atom stereocenters. The maximum atomic E-state index is 5.74. The van der Waals surface area contributed by atoms with Crippen LogP contribution in [0.5, 0.6) is 0 Å². The largest absolute Gasteiger partial charge is 0.368 e. The number of halogens is 1. The summed E-state index contributed by atoms with van der Waals surface area (Å²) < 4.78 is 1.10. The molecule has 2 aromatic rings. The summed E-state index contributed by atoms with van der Waals surface area (Å²) in [6, 6.07) is 8.38. The fourth-order valence-corrected chi connectivity index (χ4v) is 2.25. The number of rotatable bonds is 6. The molecule has 22 heavy (non-hydrogen) atoms. The molecular weight excluding hydrogens is 344 g/mol. The van der Waals surface area contributed by atoms with Gasteiger partial charge in [-0.05, 0) is 31.2 Å². The monoisotopic (exact) mass is 364 g/mol. The maximum absolute atomic E-state index is 5.74. The van der Waals surface area contributed by atoms with Gasteiger partial charge in [0.15, 0.2) is 0 Å². The summed E-state index contributed by atoms with van der Waals surface area (Å²) >= 11 is 3.45. The van der Waals surface area contributed by atoms with Gasteiger partial charge in [0.2, 0.25) is 11.9 Å². The maximum Gasteiger partial charge on any atom is 0.229 e. The molecule has 1 heterocycles. The zero-order valence-corrected chi connectivity index (χ0v) is 14.7. The van der Waals surface area contributed by atoms with E-state index in [1.807, 2.05) is 26.0 Å². The van der Waals surface area contributed by atoms with Crippen LogP contribution in [-0.2, 0) is 13.0 Å². The SMILES string of the molecule is CN(CCc1ccc(Br)cc1)Cc1nc(N)nc(N(C)C)n1. The van der Waals surface area contributed by atoms with Gasteiger partial charge in [-0.3, -0.25) is 4.90 Å². The lowest BCUT2D eigenvalue weighted by atomic mass is 10.1. The highest BCUT2D eigenvalue weighted by atomic mass is 79.9. The molecule has 0 saturated carbocycles. The molecule has 0 saturated heterocycles. The summed E-state index contributed by atoms with van der Waals surface area (Å²) in [5.41, 5.74) is 7.05. The first-order chi connectivity index (χ1) is 10.4. The number of anilines is 2. The minimum atomic E-state index is 0.259. The summed E-state index contributed by atoms with van der Waals surface area (Å²) in [4.78, 5) is 16.7. The van der Waals surface area contributed by atoms with Crippen LogP contribution in [0.4, 0.5) is 11.9 Å². The van der Waals surface area contributed by atoms with E-state index >= 15 is 0 Å². The van der Waals surface area contributed by atoms with Gasteiger partial charge in [-0.15, -0.1) is 0 Å². The highest BCUT2D eigenvalue weighted by molar-refractivity contribution is 9.10. The first-order valence-corrected chi connectivity index (χ1v) is 7.84. The molecule has 1 aromatic carbocycles. The zero-order valence-electron chi connectivity index (χ0n) is 13.1. The fourth-order valence-electron chi connectivity index (χ4n) is 1.99. The number of aromatic nitrogens is 3. The molecule has 0 radical (unpaired) electrons. The lowest BCUT2D eigenvalue weighted by Gasteiger charge is -2.17. The summed E-state index contributed by atoms with van der Waals surface area (Å²) in [5, 5.41) is 0. The number of hydrogen-bond acceptors (Lipinski definition) is 6. The van der Waals surface area contributed by atoms with Crippen LogP contribution in [0.3, 0.4) is 0 Å². The Kier molecular flexibility index (Phi) is 5.68. The lowest BCUT2D eigenvalue weighted by molar-refractivity contribution is 0.322. The Labute approximate surface area is 139 Å². The van der Waals surface area contributed by atoms with Crippen LogP contribution in [-0.4, -0.2) is 47.5 Å². The van der Waals surface area contributed by atoms with E-state index in [2.05, 4.69) is 60.0 Å². The highest BCUT2D eigenvalue weighted by Crippen LogP contribution is 2.12. The molecule has 1 aromatic heterocycles. The molecule has 0 amide bonds. The molecule has 2 rings (SSSR count). The number of hydrogen-bond donors (Lipinski definition) is 1. The normalized spacial score (nSPS) is 11.0. The number of benzene rings is 1. The summed E-state index contributed by atoms with van der Waals surface area (Å²) in [6.45, 7) is 1.56. The van der Waals surface area contributed by atoms with Crippen molar-refractivity contribution in [2.75, 3.05) is 38.3 Å². The average molecular weight is 365 g/mol. The van der Waals surface area contributed by atoms with Crippen molar-refractivity contribution in [2.24, 2.45) is 0 Å². The standard InChI is InChI=1S/C15H21BrN6/c1-21(2)15-19-13(18-14(17)20-15)10-22(3)9-8-11-4-6-12(16)7-5-11/h4-7H,8-10H2,1-3H3,(H2,17,18,19,20). The van der Waals surface area contributed by atoms with Crippen molar-refractivity contribution in [3.8, 4) is 0 Å². The van der Waals surface area contributed by atoms with Gasteiger partial charge in [-0.2, -0.15) is 15.0 Å². The fraction of sp³-hybridized carbons (Fsp3) is 0.400. The van der Waals surface area contributed by atoms with E-state index in [4.69, 9.17) is 5.73 Å². The van der Waals surface area contributed by atoms with Crippen molar-refractivity contribution < 1.29 is 0 Å². The smallest absolute Gasteiger partial charge is 0.229 e. The highest BCUT2D eigenvalue weighted by Gasteiger charge is 2.08. The van der Waals surface area contributed by atoms with Crippen LogP contribution < -0.4 is 10.6 Å². The average Bonchev–Trinajstić information content (AvgIpc) is 2.46. The molecule has 118 valence electrons. The predicted octanol–water partition coefficient (Wildman–Crippen LogP) is 1.96. The Bertz CT molecular complexity index is 614. The Morgan fingerprint density at radius 3 is 2.36 bits per heavy atom. The Balaban J connectivity index is 1.94. The molecule has 2 N–H and O–H groups in total. The van der Waals surface area contributed by atoms with Crippen molar-refractivity contribution in [2.45, 2.75) is 13.0 Å². The van der Waals surface area contributed by atoms with Crippen molar-refractivity contribution in [1.29, 1.82) is 0 Å². The van der Waals surface area contributed by atoms with E-state index in [-0.39, 0.29) is 5.95 Å². The van der Waals surface area contributed by atoms with Crippen LogP contribution >= 0.6 is 15.9 Å². The van der Waals surface area contributed by atoms with Crippen molar-refractivity contribution in [3.05, 3.63) is 40.1 Å². The van der Waals surface area contributed by atoms with Gasteiger partial charge in [-0.1, -0.05) is 28.1 Å². The minimum Gasteiger partial charge on any atom is -0.368 e. The van der Waals surface area contributed by atoms with Crippen LogP contribution in [0.15, 0.2) is 28.7 Å². The molecule has 0 unspecified atom stereocenters. The number of nitrogens with two attached hydrogens (primary N) is 1. The van der Waals surface area contributed by atoms with Gasteiger partial charge in [0.25, 0.3) is 0 Å². The molecule has 0 bridgehead atoms. The third-order valence-corrected chi connectivity index (χ3v) is 3.72. The Hall–Kier alpha value is -1.73. The molecule has 0 fully saturated rings. The molecular formula is C15H21BrN6. The van der Waals surface area contributed by atoms with Crippen LogP contribution in [0.2, 0.25) is 0 Å². The van der Waals surface area contributed by atoms with Crippen molar-refractivity contribution >= 4 is 27.8 Å². The molecule has 0 aliphatic carbocycles. The van der Waals surface area contributed by atoms with E-state index in [1.54, 1.807) is 0 Å². The van der Waals surface area contributed by atoms with Crippen molar-refractivity contribution in [3.63, 3.8) is 0 Å². The first kappa shape index (κ1) is 16.6. The number of nitrogens with zero attached hydrogens (tertiary/aromatic N) is 5. The second kappa shape index (κ2) is 7.51. The molecule has 7 heteroatoms. The first-order valence-electron chi connectivity index (χ1n) is 7.05. The van der Waals surface area contributed by atoms with Crippen molar-refractivity contribution in [1.82, 2.24) is 19.9 Å². The van der Waals surface area contributed by atoms with E-state index in [1.165, 1.54) is 5.56 Å². The quantitative estimate of drug-likeness (QED) is 0.844. The van der Waals surface area contributed by atoms with Crippen LogP contribution in [0.25, 0.3) is 0 Å². The van der Waals surface area contributed by atoms with Crippen LogP contribution in [0, 0.1) is 0 Å². The van der Waals surface area contributed by atoms with Gasteiger partial charge in [-0.25, -0.2) is 0 Å². The third-order valence-electron chi connectivity index (χ3n) is 3.19. The summed E-state index contributed by atoms with van der Waals surface area (Å²) in [7, 11) is 5.82. The molecule has 6 nitrogen and oxygen atoms in total.